The Hall–Kier alpha value is -3.55. The quantitative estimate of drug-likeness (QED) is 0.577. The molecule has 0 aliphatic heterocycles. The summed E-state index contributed by atoms with van der Waals surface area (Å²) in [6.07, 6.45) is 4.98. The highest BCUT2D eigenvalue weighted by atomic mass is 15.3. The van der Waals surface area contributed by atoms with Gasteiger partial charge >= 0.3 is 0 Å². The number of rotatable bonds is 5. The van der Waals surface area contributed by atoms with Crippen molar-refractivity contribution in [2.24, 2.45) is 7.05 Å². The van der Waals surface area contributed by atoms with Gasteiger partial charge in [0.25, 0.3) is 0 Å². The van der Waals surface area contributed by atoms with Crippen molar-refractivity contribution in [2.45, 2.75) is 26.8 Å². The largest absolute Gasteiger partial charge is 0.348 e. The number of benzene rings is 1. The number of aryl methyl sites for hydroxylation is 2. The van der Waals surface area contributed by atoms with E-state index in [1.807, 2.05) is 43.8 Å². The molecule has 1 aromatic carbocycles. The normalized spacial score (nSPS) is 12.1. The van der Waals surface area contributed by atoms with Crippen molar-refractivity contribution in [1.29, 1.82) is 0 Å². The lowest BCUT2D eigenvalue weighted by molar-refractivity contribution is 0.731. The van der Waals surface area contributed by atoms with E-state index in [0.29, 0.717) is 5.95 Å². The van der Waals surface area contributed by atoms with Crippen molar-refractivity contribution in [2.75, 3.05) is 5.32 Å². The maximum Gasteiger partial charge on any atom is 0.223 e. The second-order valence-electron chi connectivity index (χ2n) is 6.73. The molecule has 0 radical (unpaired) electrons. The van der Waals surface area contributed by atoms with E-state index in [4.69, 9.17) is 4.98 Å². The molecule has 0 spiro atoms. The first-order valence-corrected chi connectivity index (χ1v) is 9.08. The Labute approximate surface area is 163 Å². The summed E-state index contributed by atoms with van der Waals surface area (Å²) < 4.78 is 3.60. The first kappa shape index (κ1) is 17.8. The van der Waals surface area contributed by atoms with Gasteiger partial charge in [-0.25, -0.2) is 19.6 Å². The van der Waals surface area contributed by atoms with Crippen LogP contribution in [0.2, 0.25) is 0 Å². The van der Waals surface area contributed by atoms with E-state index in [0.717, 1.165) is 33.9 Å². The average Bonchev–Trinajstić information content (AvgIpc) is 3.31. The van der Waals surface area contributed by atoms with Gasteiger partial charge in [-0.3, -0.25) is 4.68 Å². The number of nitrogens with zero attached hydrogens (tertiary/aromatic N) is 7. The Morgan fingerprint density at radius 1 is 1.07 bits per heavy atom. The summed E-state index contributed by atoms with van der Waals surface area (Å²) in [4.78, 5) is 13.1. The van der Waals surface area contributed by atoms with Crippen molar-refractivity contribution in [3.05, 3.63) is 66.1 Å². The van der Waals surface area contributed by atoms with Crippen LogP contribution in [-0.2, 0) is 7.05 Å². The van der Waals surface area contributed by atoms with Crippen LogP contribution >= 0.6 is 0 Å². The molecule has 0 fully saturated rings. The number of nitrogens with one attached hydrogen (secondary N) is 1. The molecule has 0 amide bonds. The predicted molar refractivity (Wildman–Crippen MR) is 107 cm³/mol. The van der Waals surface area contributed by atoms with E-state index < -0.39 is 0 Å². The Kier molecular flexibility index (Phi) is 4.60. The molecule has 0 saturated heterocycles. The van der Waals surface area contributed by atoms with Gasteiger partial charge in [-0.1, -0.05) is 12.1 Å². The lowest BCUT2D eigenvalue weighted by Crippen LogP contribution is -2.10. The van der Waals surface area contributed by atoms with Gasteiger partial charge in [-0.2, -0.15) is 10.2 Å². The zero-order valence-corrected chi connectivity index (χ0v) is 16.3. The summed E-state index contributed by atoms with van der Waals surface area (Å²) in [5.41, 5.74) is 6.06. The fourth-order valence-electron chi connectivity index (χ4n) is 3.25. The zero-order chi connectivity index (χ0) is 19.7. The van der Waals surface area contributed by atoms with Gasteiger partial charge in [0.15, 0.2) is 0 Å². The van der Waals surface area contributed by atoms with Crippen LogP contribution < -0.4 is 5.32 Å². The molecule has 0 unspecified atom stereocenters. The summed E-state index contributed by atoms with van der Waals surface area (Å²) in [6.45, 7) is 6.13. The molecule has 142 valence electrons. The van der Waals surface area contributed by atoms with E-state index in [-0.39, 0.29) is 6.04 Å². The summed E-state index contributed by atoms with van der Waals surface area (Å²) in [5.74, 6) is 0.591. The standard InChI is InChI=1S/C20H22N8/c1-13(16-5-7-17(8-6-16)28-12-21-11-23-28)24-20-22-10-9-18(25-20)19-14(2)26-27(4)15(19)3/h5-13H,1-4H3,(H,22,24,25)/t13-/m0/s1. The molecule has 8 nitrogen and oxygen atoms in total. The first-order valence-electron chi connectivity index (χ1n) is 9.08. The van der Waals surface area contributed by atoms with Crippen molar-refractivity contribution in [3.8, 4) is 16.9 Å². The highest BCUT2D eigenvalue weighted by Crippen LogP contribution is 2.26. The smallest absolute Gasteiger partial charge is 0.223 e. The highest BCUT2D eigenvalue weighted by Gasteiger charge is 2.14. The second-order valence-corrected chi connectivity index (χ2v) is 6.73. The molecule has 0 aliphatic carbocycles. The molecule has 28 heavy (non-hydrogen) atoms. The summed E-state index contributed by atoms with van der Waals surface area (Å²) in [5, 5.41) is 12.0. The van der Waals surface area contributed by atoms with Gasteiger partial charge in [-0.15, -0.1) is 0 Å². The number of aromatic nitrogens is 7. The minimum absolute atomic E-state index is 0.0520. The molecule has 1 atom stereocenters. The minimum atomic E-state index is 0.0520. The van der Waals surface area contributed by atoms with Crippen LogP contribution in [0.4, 0.5) is 5.95 Å². The third kappa shape index (κ3) is 3.36. The molecule has 0 saturated carbocycles. The maximum atomic E-state index is 4.70. The second kappa shape index (κ2) is 7.22. The molecule has 3 heterocycles. The fourth-order valence-corrected chi connectivity index (χ4v) is 3.25. The average molecular weight is 374 g/mol. The Bertz CT molecular complexity index is 1080. The molecular formula is C20H22N8. The van der Waals surface area contributed by atoms with Crippen LogP contribution in [0.5, 0.6) is 0 Å². The van der Waals surface area contributed by atoms with Gasteiger partial charge in [0.2, 0.25) is 5.95 Å². The predicted octanol–water partition coefficient (Wildman–Crippen LogP) is 3.25. The van der Waals surface area contributed by atoms with Crippen molar-refractivity contribution in [3.63, 3.8) is 0 Å². The Balaban J connectivity index is 1.54. The van der Waals surface area contributed by atoms with E-state index in [9.17, 15) is 0 Å². The SMILES string of the molecule is Cc1nn(C)c(C)c1-c1ccnc(N[C@@H](C)c2ccc(-n3cncn3)cc2)n1. The third-order valence-corrected chi connectivity index (χ3v) is 4.84. The van der Waals surface area contributed by atoms with Crippen LogP contribution in [0.1, 0.15) is 29.9 Å². The fraction of sp³-hybridized carbons (Fsp3) is 0.250. The molecule has 4 rings (SSSR count). The lowest BCUT2D eigenvalue weighted by atomic mass is 10.1. The monoisotopic (exact) mass is 374 g/mol. The number of hydrogen-bond acceptors (Lipinski definition) is 6. The first-order chi connectivity index (χ1) is 13.5. The van der Waals surface area contributed by atoms with E-state index >= 15 is 0 Å². The number of hydrogen-bond donors (Lipinski definition) is 1. The van der Waals surface area contributed by atoms with Gasteiger partial charge < -0.3 is 5.32 Å². The van der Waals surface area contributed by atoms with Crippen molar-refractivity contribution in [1.82, 2.24) is 34.5 Å². The molecular weight excluding hydrogens is 352 g/mol. The van der Waals surface area contributed by atoms with Crippen LogP contribution in [-0.4, -0.2) is 34.5 Å². The van der Waals surface area contributed by atoms with E-state index in [2.05, 4.69) is 44.5 Å². The van der Waals surface area contributed by atoms with Gasteiger partial charge in [0.1, 0.15) is 12.7 Å². The molecule has 0 aliphatic rings. The summed E-state index contributed by atoms with van der Waals surface area (Å²) in [6, 6.07) is 10.1. The molecule has 1 N–H and O–H groups in total. The minimum Gasteiger partial charge on any atom is -0.348 e. The zero-order valence-electron chi connectivity index (χ0n) is 16.3. The van der Waals surface area contributed by atoms with Gasteiger partial charge in [-0.05, 0) is 44.5 Å². The van der Waals surface area contributed by atoms with Crippen molar-refractivity contribution >= 4 is 5.95 Å². The number of anilines is 1. The van der Waals surface area contributed by atoms with Crippen molar-refractivity contribution < 1.29 is 0 Å². The van der Waals surface area contributed by atoms with Gasteiger partial charge in [0, 0.05) is 24.5 Å². The Morgan fingerprint density at radius 3 is 2.50 bits per heavy atom. The van der Waals surface area contributed by atoms with Crippen LogP contribution in [0.25, 0.3) is 16.9 Å². The van der Waals surface area contributed by atoms with Gasteiger partial charge in [0.05, 0.1) is 23.1 Å². The van der Waals surface area contributed by atoms with Crippen LogP contribution in [0.3, 0.4) is 0 Å². The molecule has 8 heteroatoms. The Morgan fingerprint density at radius 2 is 1.86 bits per heavy atom. The summed E-state index contributed by atoms with van der Waals surface area (Å²) in [7, 11) is 1.94. The molecule has 4 aromatic rings. The van der Waals surface area contributed by atoms with E-state index in [1.165, 1.54) is 6.33 Å². The third-order valence-electron chi connectivity index (χ3n) is 4.84. The molecule has 3 aromatic heterocycles. The molecule has 0 bridgehead atoms. The highest BCUT2D eigenvalue weighted by molar-refractivity contribution is 5.65. The topological polar surface area (TPSA) is 86.3 Å². The maximum absolute atomic E-state index is 4.70. The summed E-state index contributed by atoms with van der Waals surface area (Å²) >= 11 is 0. The van der Waals surface area contributed by atoms with Crippen LogP contribution in [0, 0.1) is 13.8 Å². The van der Waals surface area contributed by atoms with E-state index in [1.54, 1.807) is 17.2 Å². The lowest BCUT2D eigenvalue weighted by Gasteiger charge is -2.15. The van der Waals surface area contributed by atoms with Crippen LogP contribution in [0.15, 0.2) is 49.2 Å².